The number of carboxylic acids is 1. The Hall–Kier alpha value is -2.87. The van der Waals surface area contributed by atoms with Crippen molar-refractivity contribution in [3.8, 4) is 0 Å². The second-order valence-electron chi connectivity index (χ2n) is 7.37. The number of carbonyl (C=O) groups excluding carboxylic acids is 1. The fraction of sp³-hybridized carbons (Fsp3) is 0.300. The van der Waals surface area contributed by atoms with E-state index < -0.39 is 21.4 Å². The van der Waals surface area contributed by atoms with E-state index in [9.17, 15) is 18.0 Å². The van der Waals surface area contributed by atoms with Gasteiger partial charge in [-0.15, -0.1) is 0 Å². The molecule has 0 spiro atoms. The molecule has 0 atom stereocenters. The highest BCUT2D eigenvalue weighted by molar-refractivity contribution is 7.92. The van der Waals surface area contributed by atoms with E-state index in [0.29, 0.717) is 17.7 Å². The van der Waals surface area contributed by atoms with Gasteiger partial charge in [0.25, 0.3) is 10.0 Å². The van der Waals surface area contributed by atoms with Crippen LogP contribution in [0.4, 0.5) is 11.4 Å². The number of amides is 1. The second kappa shape index (κ2) is 8.02. The van der Waals surface area contributed by atoms with Crippen molar-refractivity contribution in [3.05, 3.63) is 53.6 Å². The summed E-state index contributed by atoms with van der Waals surface area (Å²) >= 11 is 0. The predicted molar refractivity (Wildman–Crippen MR) is 108 cm³/mol. The standard InChI is InChI=1S/C20H24N2O5S/c1-5-13-9-10-14(18(23)24)11-17(13)28(26,27)22-16-8-6-7-15(12-16)21-19(25)20(2,3)4/h6-12,22H,5H2,1-4H3,(H,21,25)(H,23,24). The molecule has 0 saturated heterocycles. The van der Waals surface area contributed by atoms with Crippen molar-refractivity contribution in [1.82, 2.24) is 0 Å². The third kappa shape index (κ3) is 5.10. The first-order valence-corrected chi connectivity index (χ1v) is 10.2. The summed E-state index contributed by atoms with van der Waals surface area (Å²) in [6, 6.07) is 10.4. The average Bonchev–Trinajstić information content (AvgIpc) is 2.60. The molecule has 0 radical (unpaired) electrons. The first-order chi connectivity index (χ1) is 12.9. The Morgan fingerprint density at radius 3 is 2.25 bits per heavy atom. The molecule has 0 aliphatic heterocycles. The summed E-state index contributed by atoms with van der Waals surface area (Å²) in [6.07, 6.45) is 0.428. The molecule has 0 aromatic heterocycles. The first-order valence-electron chi connectivity index (χ1n) is 8.74. The summed E-state index contributed by atoms with van der Waals surface area (Å²) in [7, 11) is -4.01. The fourth-order valence-corrected chi connectivity index (χ4v) is 3.81. The molecule has 2 rings (SSSR count). The van der Waals surface area contributed by atoms with Crippen LogP contribution in [-0.2, 0) is 21.2 Å². The zero-order valence-electron chi connectivity index (χ0n) is 16.2. The number of hydrogen-bond donors (Lipinski definition) is 3. The van der Waals surface area contributed by atoms with Gasteiger partial charge >= 0.3 is 5.97 Å². The number of rotatable bonds is 6. The molecule has 0 unspecified atom stereocenters. The van der Waals surface area contributed by atoms with Crippen molar-refractivity contribution in [3.63, 3.8) is 0 Å². The quantitative estimate of drug-likeness (QED) is 0.679. The van der Waals surface area contributed by atoms with Crippen molar-refractivity contribution in [2.45, 2.75) is 39.0 Å². The van der Waals surface area contributed by atoms with Gasteiger partial charge in [-0.05, 0) is 42.3 Å². The van der Waals surface area contributed by atoms with Crippen molar-refractivity contribution in [2.24, 2.45) is 5.41 Å². The smallest absolute Gasteiger partial charge is 0.335 e. The van der Waals surface area contributed by atoms with Gasteiger partial charge in [-0.2, -0.15) is 0 Å². The number of aryl methyl sites for hydroxylation is 1. The number of carbonyl (C=O) groups is 2. The van der Waals surface area contributed by atoms with Crippen LogP contribution in [0.15, 0.2) is 47.4 Å². The lowest BCUT2D eigenvalue weighted by atomic mass is 9.95. The lowest BCUT2D eigenvalue weighted by molar-refractivity contribution is -0.123. The Morgan fingerprint density at radius 1 is 1.04 bits per heavy atom. The van der Waals surface area contributed by atoms with E-state index in [1.165, 1.54) is 18.2 Å². The average molecular weight is 404 g/mol. The van der Waals surface area contributed by atoms with Gasteiger partial charge in [0, 0.05) is 11.1 Å². The maximum atomic E-state index is 12.9. The lowest BCUT2D eigenvalue weighted by Gasteiger charge is -2.18. The number of hydrogen-bond acceptors (Lipinski definition) is 4. The number of benzene rings is 2. The van der Waals surface area contributed by atoms with Crippen LogP contribution in [0.5, 0.6) is 0 Å². The molecule has 7 nitrogen and oxygen atoms in total. The van der Waals surface area contributed by atoms with E-state index in [0.717, 1.165) is 6.07 Å². The highest BCUT2D eigenvalue weighted by Gasteiger charge is 2.22. The van der Waals surface area contributed by atoms with Gasteiger partial charge in [0.05, 0.1) is 16.1 Å². The highest BCUT2D eigenvalue weighted by atomic mass is 32.2. The zero-order chi connectivity index (χ0) is 21.1. The van der Waals surface area contributed by atoms with Gasteiger partial charge in [0.2, 0.25) is 5.91 Å². The maximum Gasteiger partial charge on any atom is 0.335 e. The van der Waals surface area contributed by atoms with Crippen molar-refractivity contribution in [1.29, 1.82) is 0 Å². The number of carboxylic acid groups (broad SMARTS) is 1. The maximum absolute atomic E-state index is 12.9. The molecule has 0 saturated carbocycles. The Kier molecular flexibility index (Phi) is 6.14. The summed E-state index contributed by atoms with van der Waals surface area (Å²) in [5.74, 6) is -1.40. The number of sulfonamides is 1. The van der Waals surface area contributed by atoms with E-state index in [-0.39, 0.29) is 22.1 Å². The topological polar surface area (TPSA) is 113 Å². The zero-order valence-corrected chi connectivity index (χ0v) is 17.1. The third-order valence-electron chi connectivity index (χ3n) is 4.04. The Labute approximate surface area is 164 Å². The minimum atomic E-state index is -4.01. The van der Waals surface area contributed by atoms with Crippen LogP contribution in [0.1, 0.15) is 43.6 Å². The summed E-state index contributed by atoms with van der Waals surface area (Å²) in [4.78, 5) is 23.3. The van der Waals surface area contributed by atoms with Crippen LogP contribution in [0, 0.1) is 5.41 Å². The van der Waals surface area contributed by atoms with Crippen LogP contribution in [0.2, 0.25) is 0 Å². The van der Waals surface area contributed by atoms with Crippen LogP contribution in [0.3, 0.4) is 0 Å². The monoisotopic (exact) mass is 404 g/mol. The summed E-state index contributed by atoms with van der Waals surface area (Å²) in [6.45, 7) is 7.11. The van der Waals surface area contributed by atoms with E-state index in [4.69, 9.17) is 5.11 Å². The van der Waals surface area contributed by atoms with Crippen LogP contribution < -0.4 is 10.0 Å². The number of aromatic carboxylic acids is 1. The molecular weight excluding hydrogens is 380 g/mol. The predicted octanol–water partition coefficient (Wildman–Crippen LogP) is 3.73. The number of nitrogens with one attached hydrogen (secondary N) is 2. The molecule has 0 aliphatic rings. The molecule has 0 fully saturated rings. The van der Waals surface area contributed by atoms with Gasteiger partial charge < -0.3 is 10.4 Å². The van der Waals surface area contributed by atoms with Crippen LogP contribution in [-0.4, -0.2) is 25.4 Å². The summed E-state index contributed by atoms with van der Waals surface area (Å²) in [5, 5.41) is 11.9. The first kappa shape index (κ1) is 21.4. The van der Waals surface area contributed by atoms with Crippen molar-refractivity contribution >= 4 is 33.3 Å². The van der Waals surface area contributed by atoms with Gasteiger partial charge in [-0.3, -0.25) is 9.52 Å². The van der Waals surface area contributed by atoms with Crippen LogP contribution >= 0.6 is 0 Å². The summed E-state index contributed by atoms with van der Waals surface area (Å²) < 4.78 is 28.2. The largest absolute Gasteiger partial charge is 0.478 e. The van der Waals surface area contributed by atoms with Gasteiger partial charge in [-0.1, -0.05) is 39.8 Å². The van der Waals surface area contributed by atoms with Gasteiger partial charge in [0.1, 0.15) is 0 Å². The molecule has 8 heteroatoms. The molecule has 3 N–H and O–H groups in total. The SMILES string of the molecule is CCc1ccc(C(=O)O)cc1S(=O)(=O)Nc1cccc(NC(=O)C(C)(C)C)c1. The van der Waals surface area contributed by atoms with E-state index in [2.05, 4.69) is 10.0 Å². The van der Waals surface area contributed by atoms with E-state index >= 15 is 0 Å². The second-order valence-corrected chi connectivity index (χ2v) is 9.02. The molecule has 0 aliphatic carbocycles. The fourth-order valence-electron chi connectivity index (χ4n) is 2.42. The Balaban J connectivity index is 2.35. The van der Waals surface area contributed by atoms with Crippen molar-refractivity contribution < 1.29 is 23.1 Å². The van der Waals surface area contributed by atoms with E-state index in [1.807, 2.05) is 0 Å². The third-order valence-corrected chi connectivity index (χ3v) is 5.50. The molecule has 0 heterocycles. The number of anilines is 2. The minimum Gasteiger partial charge on any atom is -0.478 e. The molecule has 1 amide bonds. The molecule has 2 aromatic carbocycles. The molecule has 28 heavy (non-hydrogen) atoms. The minimum absolute atomic E-state index is 0.0842. The lowest BCUT2D eigenvalue weighted by Crippen LogP contribution is -2.27. The molecule has 150 valence electrons. The Bertz CT molecular complexity index is 1010. The van der Waals surface area contributed by atoms with E-state index in [1.54, 1.807) is 45.9 Å². The molecule has 0 bridgehead atoms. The van der Waals surface area contributed by atoms with Crippen molar-refractivity contribution in [2.75, 3.05) is 10.0 Å². The highest BCUT2D eigenvalue weighted by Crippen LogP contribution is 2.24. The van der Waals surface area contributed by atoms with Gasteiger partial charge in [0.15, 0.2) is 0 Å². The van der Waals surface area contributed by atoms with Crippen LogP contribution in [0.25, 0.3) is 0 Å². The summed E-state index contributed by atoms with van der Waals surface area (Å²) in [5.41, 5.74) is 0.520. The molecule has 2 aromatic rings. The van der Waals surface area contributed by atoms with Gasteiger partial charge in [-0.25, -0.2) is 13.2 Å². The molecular formula is C20H24N2O5S. The normalized spacial score (nSPS) is 11.7. The Morgan fingerprint density at radius 2 is 1.68 bits per heavy atom.